The first-order valence-electron chi connectivity index (χ1n) is 8.55. The lowest BCUT2D eigenvalue weighted by Crippen LogP contribution is -2.59. The lowest BCUT2D eigenvalue weighted by Gasteiger charge is -2.43. The average molecular weight is 339 g/mol. The van der Waals surface area contributed by atoms with Crippen molar-refractivity contribution in [3.05, 3.63) is 41.1 Å². The fraction of sp³-hybridized carbons (Fsp3) is 0.389. The summed E-state index contributed by atoms with van der Waals surface area (Å²) < 4.78 is 1.63. The maximum Gasteiger partial charge on any atom is 0.324 e. The number of rotatable bonds is 3. The van der Waals surface area contributed by atoms with E-state index in [0.717, 1.165) is 35.3 Å². The van der Waals surface area contributed by atoms with E-state index >= 15 is 0 Å². The van der Waals surface area contributed by atoms with Crippen molar-refractivity contribution in [3.63, 3.8) is 0 Å². The van der Waals surface area contributed by atoms with Gasteiger partial charge in [0.2, 0.25) is 0 Å². The lowest BCUT2D eigenvalue weighted by atomic mass is 9.80. The quantitative estimate of drug-likeness (QED) is 0.902. The Balaban J connectivity index is 2.05. The molecule has 1 unspecified atom stereocenters. The minimum absolute atomic E-state index is 0.197. The van der Waals surface area contributed by atoms with E-state index in [1.54, 1.807) is 16.6 Å². The summed E-state index contributed by atoms with van der Waals surface area (Å²) in [6.07, 6.45) is 1.75. The molecule has 2 aliphatic heterocycles. The number of nitrogens with one attached hydrogen (secondary N) is 2. The van der Waals surface area contributed by atoms with Crippen LogP contribution in [0.3, 0.4) is 0 Å². The van der Waals surface area contributed by atoms with Gasteiger partial charge in [0, 0.05) is 24.8 Å². The van der Waals surface area contributed by atoms with Crippen molar-refractivity contribution >= 4 is 23.4 Å². The molecule has 2 aromatic rings. The topological polar surface area (TPSA) is 79.3 Å². The van der Waals surface area contributed by atoms with Gasteiger partial charge in [0.25, 0.3) is 5.91 Å². The van der Waals surface area contributed by atoms with Crippen LogP contribution in [0.15, 0.2) is 24.3 Å². The molecular weight excluding hydrogens is 318 g/mol. The molecule has 0 saturated heterocycles. The SMILES string of the molecule is CCCCN1C(=O)Nc2c(c(C)nn2C)C12C(=O)Nc1ccccc12. The van der Waals surface area contributed by atoms with Gasteiger partial charge in [-0.3, -0.25) is 14.8 Å². The van der Waals surface area contributed by atoms with Gasteiger partial charge in [-0.25, -0.2) is 4.79 Å². The number of nitrogens with zero attached hydrogens (tertiary/aromatic N) is 3. The minimum atomic E-state index is -1.16. The molecule has 3 amide bonds. The summed E-state index contributed by atoms with van der Waals surface area (Å²) in [6.45, 7) is 4.44. The van der Waals surface area contributed by atoms with Crippen molar-refractivity contribution in [2.24, 2.45) is 7.05 Å². The predicted molar refractivity (Wildman–Crippen MR) is 94.4 cm³/mol. The number of hydrogen-bond acceptors (Lipinski definition) is 3. The van der Waals surface area contributed by atoms with Gasteiger partial charge in [0.15, 0.2) is 5.54 Å². The van der Waals surface area contributed by atoms with Gasteiger partial charge in [-0.2, -0.15) is 5.10 Å². The van der Waals surface area contributed by atoms with Crippen molar-refractivity contribution in [1.82, 2.24) is 14.7 Å². The van der Waals surface area contributed by atoms with Gasteiger partial charge >= 0.3 is 6.03 Å². The number of carbonyl (C=O) groups is 2. The predicted octanol–water partition coefficient (Wildman–Crippen LogP) is 2.57. The van der Waals surface area contributed by atoms with Crippen LogP contribution < -0.4 is 10.6 Å². The van der Waals surface area contributed by atoms with Crippen LogP contribution in [0.4, 0.5) is 16.3 Å². The molecule has 0 aliphatic carbocycles. The molecule has 1 spiro atoms. The third-order valence-electron chi connectivity index (χ3n) is 5.09. The van der Waals surface area contributed by atoms with Crippen LogP contribution in [0.2, 0.25) is 0 Å². The molecule has 2 N–H and O–H groups in total. The molecule has 4 rings (SSSR count). The van der Waals surface area contributed by atoms with E-state index < -0.39 is 5.54 Å². The zero-order valence-electron chi connectivity index (χ0n) is 14.6. The summed E-state index contributed by atoms with van der Waals surface area (Å²) in [5.41, 5.74) is 1.89. The van der Waals surface area contributed by atoms with E-state index in [4.69, 9.17) is 0 Å². The molecule has 3 heterocycles. The highest BCUT2D eigenvalue weighted by molar-refractivity contribution is 6.13. The second-order valence-electron chi connectivity index (χ2n) is 6.58. The van der Waals surface area contributed by atoms with Crippen LogP contribution in [0.25, 0.3) is 0 Å². The van der Waals surface area contributed by atoms with Crippen molar-refractivity contribution in [3.8, 4) is 0 Å². The normalized spacial score (nSPS) is 21.2. The number of para-hydroxylation sites is 1. The number of fused-ring (bicyclic) bond motifs is 4. The molecule has 7 heteroatoms. The van der Waals surface area contributed by atoms with Crippen LogP contribution in [-0.4, -0.2) is 33.2 Å². The Hall–Kier alpha value is -2.83. The number of aromatic nitrogens is 2. The number of carbonyl (C=O) groups excluding carboxylic acids is 2. The van der Waals surface area contributed by atoms with Gasteiger partial charge in [-0.05, 0) is 19.4 Å². The monoisotopic (exact) mass is 339 g/mol. The number of amides is 3. The molecule has 0 bridgehead atoms. The molecule has 7 nitrogen and oxygen atoms in total. The molecule has 1 atom stereocenters. The van der Waals surface area contributed by atoms with Gasteiger partial charge in [0.1, 0.15) is 5.82 Å². The second kappa shape index (κ2) is 5.34. The van der Waals surface area contributed by atoms with Crippen LogP contribution in [0, 0.1) is 6.92 Å². The van der Waals surface area contributed by atoms with Crippen molar-refractivity contribution in [1.29, 1.82) is 0 Å². The zero-order valence-corrected chi connectivity index (χ0v) is 14.6. The molecule has 1 aromatic carbocycles. The standard InChI is InChI=1S/C18H21N5O2/c1-4-5-10-23-17(25)20-15-14(11(2)21-22(15)3)18(23)12-8-6-7-9-13(12)19-16(18)24/h6-9H,4-5,10H2,1-3H3,(H,19,24)(H,20,25). The zero-order chi connectivity index (χ0) is 17.8. The van der Waals surface area contributed by atoms with E-state index in [0.29, 0.717) is 12.4 Å². The number of aryl methyl sites for hydroxylation is 2. The number of urea groups is 1. The number of unbranched alkanes of at least 4 members (excludes halogenated alkanes) is 1. The van der Waals surface area contributed by atoms with Crippen LogP contribution in [0.5, 0.6) is 0 Å². The second-order valence-corrected chi connectivity index (χ2v) is 6.58. The first kappa shape index (κ1) is 15.7. The van der Waals surface area contributed by atoms with E-state index in [1.165, 1.54) is 0 Å². The Morgan fingerprint density at radius 3 is 2.72 bits per heavy atom. The summed E-state index contributed by atoms with van der Waals surface area (Å²) >= 11 is 0. The Kier molecular flexibility index (Phi) is 3.35. The molecular formula is C18H21N5O2. The van der Waals surface area contributed by atoms with E-state index in [9.17, 15) is 9.59 Å². The van der Waals surface area contributed by atoms with Gasteiger partial charge in [0.05, 0.1) is 11.3 Å². The van der Waals surface area contributed by atoms with Gasteiger partial charge < -0.3 is 10.2 Å². The smallest absolute Gasteiger partial charge is 0.323 e. The van der Waals surface area contributed by atoms with Gasteiger partial charge in [-0.15, -0.1) is 0 Å². The Labute approximate surface area is 146 Å². The summed E-state index contributed by atoms with van der Waals surface area (Å²) in [5.74, 6) is 0.388. The number of hydrogen-bond donors (Lipinski definition) is 2. The fourth-order valence-electron chi connectivity index (χ4n) is 4.04. The number of benzene rings is 1. The fourth-order valence-corrected chi connectivity index (χ4v) is 4.04. The highest BCUT2D eigenvalue weighted by atomic mass is 16.2. The lowest BCUT2D eigenvalue weighted by molar-refractivity contribution is -0.124. The third-order valence-corrected chi connectivity index (χ3v) is 5.09. The van der Waals surface area contributed by atoms with E-state index in [-0.39, 0.29) is 11.9 Å². The van der Waals surface area contributed by atoms with Crippen LogP contribution >= 0.6 is 0 Å². The molecule has 2 aliphatic rings. The molecule has 0 saturated carbocycles. The summed E-state index contributed by atoms with van der Waals surface area (Å²) in [4.78, 5) is 27.9. The maximum absolute atomic E-state index is 13.3. The Bertz CT molecular complexity index is 888. The third kappa shape index (κ3) is 1.89. The van der Waals surface area contributed by atoms with Gasteiger partial charge in [-0.1, -0.05) is 31.5 Å². The summed E-state index contributed by atoms with van der Waals surface area (Å²) in [7, 11) is 1.78. The summed E-state index contributed by atoms with van der Waals surface area (Å²) in [5, 5.41) is 10.3. The highest BCUT2D eigenvalue weighted by Gasteiger charge is 2.59. The first-order valence-corrected chi connectivity index (χ1v) is 8.55. The number of anilines is 2. The molecule has 25 heavy (non-hydrogen) atoms. The Morgan fingerprint density at radius 2 is 1.96 bits per heavy atom. The van der Waals surface area contributed by atoms with Crippen molar-refractivity contribution in [2.75, 3.05) is 17.2 Å². The van der Waals surface area contributed by atoms with Crippen molar-refractivity contribution < 1.29 is 9.59 Å². The maximum atomic E-state index is 13.3. The average Bonchev–Trinajstić information content (AvgIpc) is 3.02. The van der Waals surface area contributed by atoms with Crippen LogP contribution in [-0.2, 0) is 17.4 Å². The molecule has 130 valence electrons. The minimum Gasteiger partial charge on any atom is -0.323 e. The molecule has 0 fully saturated rings. The van der Waals surface area contributed by atoms with E-state index in [1.807, 2.05) is 31.2 Å². The molecule has 1 aromatic heterocycles. The van der Waals surface area contributed by atoms with Crippen LogP contribution in [0.1, 0.15) is 36.6 Å². The Morgan fingerprint density at radius 1 is 1.20 bits per heavy atom. The molecule has 0 radical (unpaired) electrons. The van der Waals surface area contributed by atoms with Crippen molar-refractivity contribution in [2.45, 2.75) is 32.2 Å². The van der Waals surface area contributed by atoms with E-state index in [2.05, 4.69) is 22.7 Å². The largest absolute Gasteiger partial charge is 0.324 e. The first-order chi connectivity index (χ1) is 12.0. The highest BCUT2D eigenvalue weighted by Crippen LogP contribution is 2.50. The summed E-state index contributed by atoms with van der Waals surface area (Å²) in [6, 6.07) is 7.31.